The highest BCUT2D eigenvalue weighted by Crippen LogP contribution is 2.40. The smallest absolute Gasteiger partial charge is 0.280 e. The lowest BCUT2D eigenvalue weighted by atomic mass is 10.1. The Labute approximate surface area is 153 Å². The molecule has 12 nitrogen and oxygen atoms in total. The maximum atomic E-state index is 12.3. The molecule has 1 unspecified atom stereocenters. The molecule has 2 fully saturated rings. The number of rotatable bonds is 5. The first-order valence-electron chi connectivity index (χ1n) is 8.29. The molecule has 2 aromatic heterocycles. The number of aliphatic hydroxyl groups excluding tert-OH is 1. The number of aromatic amines is 1. The lowest BCUT2D eigenvalue weighted by Gasteiger charge is -2.19. The maximum Gasteiger partial charge on any atom is 0.280 e. The number of nitrogens with one attached hydrogen (secondary N) is 1. The van der Waals surface area contributed by atoms with E-state index in [2.05, 4.69) is 19.9 Å². The van der Waals surface area contributed by atoms with E-state index in [0.29, 0.717) is 0 Å². The van der Waals surface area contributed by atoms with Gasteiger partial charge in [0.05, 0.1) is 19.3 Å². The Balaban J connectivity index is 1.74. The second kappa shape index (κ2) is 6.98. The predicted molar refractivity (Wildman–Crippen MR) is 91.5 cm³/mol. The Hall–Kier alpha value is -2.38. The van der Waals surface area contributed by atoms with Gasteiger partial charge in [-0.25, -0.2) is 9.98 Å². The molecule has 4 rings (SSSR count). The highest BCUT2D eigenvalue weighted by atomic mass is 16.9. The van der Waals surface area contributed by atoms with Gasteiger partial charge in [-0.1, -0.05) is 0 Å². The molecule has 4 heterocycles. The van der Waals surface area contributed by atoms with Gasteiger partial charge in [0.1, 0.15) is 18.3 Å². The molecular formula is C15H20N6O6. The van der Waals surface area contributed by atoms with Crippen molar-refractivity contribution in [2.45, 2.75) is 31.0 Å². The molecule has 0 saturated carbocycles. The zero-order valence-electron chi connectivity index (χ0n) is 15.0. The normalized spacial score (nSPS) is 30.4. The van der Waals surface area contributed by atoms with Crippen molar-refractivity contribution in [3.63, 3.8) is 0 Å². The summed E-state index contributed by atoms with van der Waals surface area (Å²) >= 11 is 0. The first kappa shape index (κ1) is 18.0. The Morgan fingerprint density at radius 1 is 1.41 bits per heavy atom. The fourth-order valence-corrected chi connectivity index (χ4v) is 3.12. The van der Waals surface area contributed by atoms with Gasteiger partial charge in [-0.2, -0.15) is 4.98 Å². The minimum Gasteiger partial charge on any atom is -0.394 e. The van der Waals surface area contributed by atoms with Crippen molar-refractivity contribution >= 4 is 23.5 Å². The second-order valence-corrected chi connectivity index (χ2v) is 6.40. The molecule has 0 amide bonds. The molecule has 0 bridgehead atoms. The van der Waals surface area contributed by atoms with Crippen molar-refractivity contribution in [1.82, 2.24) is 24.4 Å². The maximum absolute atomic E-state index is 12.3. The summed E-state index contributed by atoms with van der Waals surface area (Å²) in [5.41, 5.74) is 0.0151. The van der Waals surface area contributed by atoms with Gasteiger partial charge in [-0.15, -0.1) is 0 Å². The van der Waals surface area contributed by atoms with Gasteiger partial charge in [0.25, 0.3) is 12.0 Å². The predicted octanol–water partition coefficient (Wildman–Crippen LogP) is -1.06. The van der Waals surface area contributed by atoms with Crippen LogP contribution in [0.4, 0.5) is 5.95 Å². The zero-order chi connectivity index (χ0) is 19.1. The van der Waals surface area contributed by atoms with Crippen molar-refractivity contribution in [2.24, 2.45) is 4.99 Å². The largest absolute Gasteiger partial charge is 0.394 e. The third kappa shape index (κ3) is 3.11. The summed E-state index contributed by atoms with van der Waals surface area (Å²) in [6, 6.07) is 0. The second-order valence-electron chi connectivity index (χ2n) is 6.40. The quantitative estimate of drug-likeness (QED) is 0.491. The molecule has 0 spiro atoms. The summed E-state index contributed by atoms with van der Waals surface area (Å²) in [6.45, 7) is -1.11. The standard InChI is InChI=1S/C15H20N6O6/c1-20(2)5-17-14-18-11-8(12(23)19-14)16-6-21(11)13-10-9(7(4-22)25-13)26-15(24-3)27-10/h5-7,9-10,13,15,22H,4H2,1-3H3,(H,18,19,23)/b17-5+/t7-,9-,10-,13-,15?/m1/s1. The van der Waals surface area contributed by atoms with E-state index in [1.165, 1.54) is 19.8 Å². The van der Waals surface area contributed by atoms with Crippen molar-refractivity contribution in [3.05, 3.63) is 16.7 Å². The van der Waals surface area contributed by atoms with Crippen LogP contribution in [0.15, 0.2) is 16.1 Å². The third-order valence-corrected chi connectivity index (χ3v) is 4.30. The number of ether oxygens (including phenoxy) is 4. The number of aromatic nitrogens is 4. The van der Waals surface area contributed by atoms with Crippen LogP contribution in [-0.4, -0.2) is 88.5 Å². The molecule has 2 saturated heterocycles. The van der Waals surface area contributed by atoms with E-state index >= 15 is 0 Å². The summed E-state index contributed by atoms with van der Waals surface area (Å²) in [7, 11) is 5.06. The molecular weight excluding hydrogens is 360 g/mol. The molecule has 0 aliphatic carbocycles. The van der Waals surface area contributed by atoms with Crippen LogP contribution < -0.4 is 5.56 Å². The van der Waals surface area contributed by atoms with E-state index in [0.717, 1.165) is 0 Å². The van der Waals surface area contributed by atoms with Gasteiger partial charge in [-0.05, 0) is 0 Å². The number of hydrogen-bond donors (Lipinski definition) is 2. The van der Waals surface area contributed by atoms with Gasteiger partial charge >= 0.3 is 0 Å². The summed E-state index contributed by atoms with van der Waals surface area (Å²) < 4.78 is 23.9. The molecule has 12 heteroatoms. The van der Waals surface area contributed by atoms with Gasteiger partial charge in [0, 0.05) is 21.2 Å². The minimum absolute atomic E-state index is 0.134. The summed E-state index contributed by atoms with van der Waals surface area (Å²) in [6.07, 6.45) is 0.585. The van der Waals surface area contributed by atoms with Crippen LogP contribution in [0.25, 0.3) is 11.2 Å². The van der Waals surface area contributed by atoms with Crippen LogP contribution in [-0.2, 0) is 18.9 Å². The van der Waals surface area contributed by atoms with E-state index in [4.69, 9.17) is 18.9 Å². The van der Waals surface area contributed by atoms with Crippen molar-refractivity contribution < 1.29 is 24.1 Å². The summed E-state index contributed by atoms with van der Waals surface area (Å²) in [4.78, 5) is 29.2. The van der Waals surface area contributed by atoms with E-state index in [1.54, 1.807) is 23.6 Å². The molecule has 146 valence electrons. The Morgan fingerprint density at radius 2 is 2.19 bits per heavy atom. The van der Waals surface area contributed by atoms with E-state index < -0.39 is 36.6 Å². The Bertz CT molecular complexity index is 910. The first-order valence-corrected chi connectivity index (χ1v) is 8.29. The Kier molecular flexibility index (Phi) is 4.65. The van der Waals surface area contributed by atoms with Crippen LogP contribution in [0.3, 0.4) is 0 Å². The lowest BCUT2D eigenvalue weighted by Crippen LogP contribution is -2.31. The lowest BCUT2D eigenvalue weighted by molar-refractivity contribution is -0.256. The van der Waals surface area contributed by atoms with Crippen LogP contribution in [0.1, 0.15) is 6.23 Å². The fraction of sp³-hybridized carbons (Fsp3) is 0.600. The zero-order valence-corrected chi connectivity index (χ0v) is 15.0. The molecule has 2 aliphatic heterocycles. The van der Waals surface area contributed by atoms with E-state index in [1.807, 2.05) is 0 Å². The van der Waals surface area contributed by atoms with Crippen LogP contribution >= 0.6 is 0 Å². The molecule has 27 heavy (non-hydrogen) atoms. The average Bonchev–Trinajstić information content (AvgIpc) is 3.32. The van der Waals surface area contributed by atoms with Gasteiger partial charge in [-0.3, -0.25) is 14.3 Å². The highest BCUT2D eigenvalue weighted by molar-refractivity contribution is 5.71. The number of fused-ring (bicyclic) bond motifs is 2. The van der Waals surface area contributed by atoms with Gasteiger partial charge in [0.2, 0.25) is 5.95 Å². The summed E-state index contributed by atoms with van der Waals surface area (Å²) in [5, 5.41) is 9.59. The van der Waals surface area contributed by atoms with Crippen molar-refractivity contribution in [3.8, 4) is 0 Å². The van der Waals surface area contributed by atoms with E-state index in [9.17, 15) is 9.90 Å². The molecule has 0 aromatic carbocycles. The Morgan fingerprint density at radius 3 is 2.89 bits per heavy atom. The SMILES string of the molecule is COC1O[C@@H]2[C@H](O1)[C@@H](CO)O[C@H]2n1cnc2c(=O)[nH]c(/N=C/N(C)C)nc21. The fourth-order valence-electron chi connectivity index (χ4n) is 3.12. The van der Waals surface area contributed by atoms with Crippen molar-refractivity contribution in [2.75, 3.05) is 27.8 Å². The van der Waals surface area contributed by atoms with Crippen LogP contribution in [0, 0.1) is 0 Å². The number of aliphatic imine (C=N–C) groups is 1. The van der Waals surface area contributed by atoms with Crippen LogP contribution in [0.2, 0.25) is 0 Å². The molecule has 2 aliphatic rings. The van der Waals surface area contributed by atoms with E-state index in [-0.39, 0.29) is 23.7 Å². The summed E-state index contributed by atoms with van der Waals surface area (Å²) in [5.74, 6) is 0.134. The number of H-pyrrole nitrogens is 1. The van der Waals surface area contributed by atoms with Crippen LogP contribution in [0.5, 0.6) is 0 Å². The topological polar surface area (TPSA) is 136 Å². The number of aliphatic hydroxyl groups is 1. The first-order chi connectivity index (χ1) is 13.0. The molecule has 2 aromatic rings. The number of nitrogens with zero attached hydrogens (tertiary/aromatic N) is 5. The number of hydrogen-bond acceptors (Lipinski definition) is 9. The molecule has 5 atom stereocenters. The van der Waals surface area contributed by atoms with Gasteiger partial charge in [0.15, 0.2) is 17.4 Å². The van der Waals surface area contributed by atoms with Gasteiger partial charge < -0.3 is 29.0 Å². The minimum atomic E-state index is -0.855. The number of methoxy groups -OCH3 is 1. The number of imidazole rings is 1. The third-order valence-electron chi connectivity index (χ3n) is 4.30. The molecule has 2 N–H and O–H groups in total. The van der Waals surface area contributed by atoms with Crippen molar-refractivity contribution in [1.29, 1.82) is 0 Å². The average molecular weight is 380 g/mol. The molecule has 0 radical (unpaired) electrons. The highest BCUT2D eigenvalue weighted by Gasteiger charge is 2.53. The monoisotopic (exact) mass is 380 g/mol.